The molecule has 21 heavy (non-hydrogen) atoms. The summed E-state index contributed by atoms with van der Waals surface area (Å²) in [5.41, 5.74) is 4.09. The smallest absolute Gasteiger partial charge is 0.227 e. The van der Waals surface area contributed by atoms with Gasteiger partial charge in [0.2, 0.25) is 5.91 Å². The number of thiophene rings is 1. The van der Waals surface area contributed by atoms with E-state index in [4.69, 9.17) is 0 Å². The van der Waals surface area contributed by atoms with Gasteiger partial charge in [0.05, 0.1) is 3.79 Å². The normalized spacial score (nSPS) is 16.0. The fourth-order valence-corrected chi connectivity index (χ4v) is 4.21. The third-order valence-electron chi connectivity index (χ3n) is 3.91. The Morgan fingerprint density at radius 3 is 2.76 bits per heavy atom. The lowest BCUT2D eigenvalue weighted by molar-refractivity contribution is -0.118. The summed E-state index contributed by atoms with van der Waals surface area (Å²) in [6.07, 6.45) is 0.659. The first-order chi connectivity index (χ1) is 9.97. The Kier molecular flexibility index (Phi) is 3.90. The van der Waals surface area contributed by atoms with Gasteiger partial charge in [0.1, 0.15) is 6.10 Å². The van der Waals surface area contributed by atoms with Crippen molar-refractivity contribution in [1.29, 1.82) is 0 Å². The van der Waals surface area contributed by atoms with Crippen molar-refractivity contribution in [2.75, 3.05) is 11.9 Å². The first kappa shape index (κ1) is 14.8. The van der Waals surface area contributed by atoms with Gasteiger partial charge in [-0.25, -0.2) is 0 Å². The zero-order chi connectivity index (χ0) is 15.1. The monoisotopic (exact) mass is 365 g/mol. The molecule has 1 aliphatic rings. The Bertz CT molecular complexity index is 691. The molecule has 1 unspecified atom stereocenters. The van der Waals surface area contributed by atoms with E-state index in [0.29, 0.717) is 6.42 Å². The van der Waals surface area contributed by atoms with Crippen molar-refractivity contribution >= 4 is 38.9 Å². The summed E-state index contributed by atoms with van der Waals surface area (Å²) in [5, 5.41) is 10.6. The Hall–Kier alpha value is -1.17. The molecular weight excluding hydrogens is 350 g/mol. The van der Waals surface area contributed by atoms with Crippen LogP contribution in [0.3, 0.4) is 0 Å². The minimum Gasteiger partial charge on any atom is -0.383 e. The van der Waals surface area contributed by atoms with Crippen molar-refractivity contribution in [3.63, 3.8) is 0 Å². The number of aliphatic hydroxyl groups is 1. The molecule has 3 nitrogen and oxygen atoms in total. The van der Waals surface area contributed by atoms with E-state index in [1.807, 2.05) is 31.2 Å². The average molecular weight is 366 g/mol. The molecule has 0 saturated carbocycles. The summed E-state index contributed by atoms with van der Waals surface area (Å²) >= 11 is 5.05. The Morgan fingerprint density at radius 2 is 2.10 bits per heavy atom. The van der Waals surface area contributed by atoms with Gasteiger partial charge >= 0.3 is 0 Å². The van der Waals surface area contributed by atoms with E-state index in [1.54, 1.807) is 23.3 Å². The van der Waals surface area contributed by atoms with Crippen LogP contribution in [0.25, 0.3) is 0 Å². The van der Waals surface area contributed by atoms with Gasteiger partial charge in [-0.1, -0.05) is 12.1 Å². The van der Waals surface area contributed by atoms with Crippen LogP contribution >= 0.6 is 27.3 Å². The van der Waals surface area contributed by atoms with E-state index in [2.05, 4.69) is 15.9 Å². The third kappa shape index (κ3) is 2.65. The van der Waals surface area contributed by atoms with Gasteiger partial charge in [-0.05, 0) is 58.1 Å². The van der Waals surface area contributed by atoms with Crippen LogP contribution in [0.1, 0.15) is 34.1 Å². The molecular formula is C16H16BrNO2S. The molecule has 1 N–H and O–H groups in total. The standard InChI is InChI=1S/C16H16BrNO2S/c1-9-7-13(21-16(9)17)15(20)11-3-5-12-10(8-11)4-6-14(19)18(12)2/h3,5,7-8,15,20H,4,6H2,1-2H3. The molecule has 0 radical (unpaired) electrons. The summed E-state index contributed by atoms with van der Waals surface area (Å²) < 4.78 is 1.06. The van der Waals surface area contributed by atoms with E-state index in [1.165, 1.54) is 0 Å². The highest BCUT2D eigenvalue weighted by atomic mass is 79.9. The van der Waals surface area contributed by atoms with Crippen LogP contribution in [-0.2, 0) is 11.2 Å². The molecule has 0 spiro atoms. The lowest BCUT2D eigenvalue weighted by Crippen LogP contribution is -2.31. The number of amides is 1. The van der Waals surface area contributed by atoms with Crippen LogP contribution in [0.4, 0.5) is 5.69 Å². The Labute approximate surface area is 136 Å². The van der Waals surface area contributed by atoms with Crippen LogP contribution in [0.5, 0.6) is 0 Å². The predicted molar refractivity (Wildman–Crippen MR) is 89.0 cm³/mol. The van der Waals surface area contributed by atoms with Crippen LogP contribution in [0, 0.1) is 6.92 Å². The Morgan fingerprint density at radius 1 is 1.33 bits per heavy atom. The van der Waals surface area contributed by atoms with Crippen molar-refractivity contribution < 1.29 is 9.90 Å². The second kappa shape index (κ2) is 5.55. The third-order valence-corrected chi connectivity index (χ3v) is 6.10. The molecule has 0 bridgehead atoms. The fourth-order valence-electron chi connectivity index (χ4n) is 2.63. The van der Waals surface area contributed by atoms with Crippen molar-refractivity contribution in [3.8, 4) is 0 Å². The maximum absolute atomic E-state index is 11.7. The minimum absolute atomic E-state index is 0.147. The maximum Gasteiger partial charge on any atom is 0.227 e. The first-order valence-corrected chi connectivity index (χ1v) is 8.41. The van der Waals surface area contributed by atoms with Crippen LogP contribution in [-0.4, -0.2) is 18.1 Å². The molecule has 1 atom stereocenters. The van der Waals surface area contributed by atoms with Gasteiger partial charge in [0.25, 0.3) is 0 Å². The predicted octanol–water partition coefficient (Wildman–Crippen LogP) is 3.81. The number of fused-ring (bicyclic) bond motifs is 1. The molecule has 1 amide bonds. The summed E-state index contributed by atoms with van der Waals surface area (Å²) in [5.74, 6) is 0.147. The number of aliphatic hydroxyl groups excluding tert-OH is 1. The summed E-state index contributed by atoms with van der Waals surface area (Å²) in [7, 11) is 1.80. The van der Waals surface area contributed by atoms with Gasteiger partial charge in [-0.2, -0.15) is 0 Å². The van der Waals surface area contributed by atoms with Crippen LogP contribution in [0.15, 0.2) is 28.1 Å². The number of anilines is 1. The molecule has 3 rings (SSSR count). The van der Waals surface area contributed by atoms with E-state index >= 15 is 0 Å². The number of hydrogen-bond acceptors (Lipinski definition) is 3. The molecule has 5 heteroatoms. The van der Waals surface area contributed by atoms with E-state index in [0.717, 1.165) is 37.5 Å². The second-order valence-electron chi connectivity index (χ2n) is 5.35. The van der Waals surface area contributed by atoms with Gasteiger partial charge in [-0.3, -0.25) is 4.79 Å². The largest absolute Gasteiger partial charge is 0.383 e. The number of benzene rings is 1. The van der Waals surface area contributed by atoms with Crippen molar-refractivity contribution in [3.05, 3.63) is 49.6 Å². The molecule has 110 valence electrons. The first-order valence-electron chi connectivity index (χ1n) is 6.80. The number of carbonyl (C=O) groups excluding carboxylic acids is 1. The van der Waals surface area contributed by atoms with Gasteiger partial charge in [-0.15, -0.1) is 11.3 Å². The molecule has 2 heterocycles. The molecule has 1 aliphatic heterocycles. The van der Waals surface area contributed by atoms with Crippen molar-refractivity contribution in [1.82, 2.24) is 0 Å². The summed E-state index contributed by atoms with van der Waals surface area (Å²) in [6, 6.07) is 7.86. The van der Waals surface area contributed by atoms with E-state index in [9.17, 15) is 9.90 Å². The highest BCUT2D eigenvalue weighted by molar-refractivity contribution is 9.11. The zero-order valence-electron chi connectivity index (χ0n) is 11.9. The van der Waals surface area contributed by atoms with Gasteiger partial charge < -0.3 is 10.0 Å². The maximum atomic E-state index is 11.7. The summed E-state index contributed by atoms with van der Waals surface area (Å²) in [4.78, 5) is 14.3. The minimum atomic E-state index is -0.617. The Balaban J connectivity index is 1.95. The number of aryl methyl sites for hydroxylation is 2. The van der Waals surface area contributed by atoms with E-state index < -0.39 is 6.10 Å². The van der Waals surface area contributed by atoms with Gasteiger partial charge in [0.15, 0.2) is 0 Å². The number of hydrogen-bond donors (Lipinski definition) is 1. The molecule has 0 saturated heterocycles. The number of halogens is 1. The summed E-state index contributed by atoms with van der Waals surface area (Å²) in [6.45, 7) is 2.02. The second-order valence-corrected chi connectivity index (χ2v) is 7.75. The van der Waals surface area contributed by atoms with Crippen LogP contribution < -0.4 is 4.90 Å². The van der Waals surface area contributed by atoms with Gasteiger partial charge in [0, 0.05) is 24.0 Å². The molecule has 2 aromatic rings. The molecule has 0 aliphatic carbocycles. The number of rotatable bonds is 2. The quantitative estimate of drug-likeness (QED) is 0.878. The highest BCUT2D eigenvalue weighted by Gasteiger charge is 2.22. The van der Waals surface area contributed by atoms with Crippen LogP contribution in [0.2, 0.25) is 0 Å². The lowest BCUT2D eigenvalue weighted by atomic mass is 9.97. The van der Waals surface area contributed by atoms with E-state index in [-0.39, 0.29) is 5.91 Å². The lowest BCUT2D eigenvalue weighted by Gasteiger charge is -2.26. The molecule has 1 aromatic heterocycles. The number of carbonyl (C=O) groups is 1. The zero-order valence-corrected chi connectivity index (χ0v) is 14.3. The van der Waals surface area contributed by atoms with Crippen molar-refractivity contribution in [2.24, 2.45) is 0 Å². The highest BCUT2D eigenvalue weighted by Crippen LogP contribution is 2.36. The molecule has 0 fully saturated rings. The van der Waals surface area contributed by atoms with Crippen molar-refractivity contribution in [2.45, 2.75) is 25.9 Å². The average Bonchev–Trinajstić information content (AvgIpc) is 2.81. The topological polar surface area (TPSA) is 40.5 Å². The number of nitrogens with zero attached hydrogens (tertiary/aromatic N) is 1. The SMILES string of the molecule is Cc1cc(C(O)c2ccc3c(c2)CCC(=O)N3C)sc1Br. The molecule has 1 aromatic carbocycles. The fraction of sp³-hybridized carbons (Fsp3) is 0.312.